The number of ketones is 1. The maximum atomic E-state index is 12.3. The van der Waals surface area contributed by atoms with Crippen molar-refractivity contribution in [1.82, 2.24) is 15.6 Å². The highest BCUT2D eigenvalue weighted by atomic mass is 16.2. The summed E-state index contributed by atoms with van der Waals surface area (Å²) in [4.78, 5) is 40.3. The summed E-state index contributed by atoms with van der Waals surface area (Å²) in [6.07, 6.45) is 9.18. The van der Waals surface area contributed by atoms with E-state index in [4.69, 9.17) is 0 Å². The summed E-state index contributed by atoms with van der Waals surface area (Å²) in [5, 5.41) is 5.34. The lowest BCUT2D eigenvalue weighted by atomic mass is 9.89. The van der Waals surface area contributed by atoms with Gasteiger partial charge in [0.15, 0.2) is 0 Å². The molecule has 0 bridgehead atoms. The van der Waals surface area contributed by atoms with Crippen LogP contribution in [0.15, 0.2) is 24.5 Å². The molecule has 6 heteroatoms. The molecule has 0 spiro atoms. The zero-order valence-corrected chi connectivity index (χ0v) is 14.1. The van der Waals surface area contributed by atoms with E-state index in [2.05, 4.69) is 15.6 Å². The molecule has 2 rings (SSSR count). The van der Waals surface area contributed by atoms with Crippen LogP contribution in [-0.4, -0.2) is 35.2 Å². The summed E-state index contributed by atoms with van der Waals surface area (Å²) in [6, 6.07) is 2.45. The Morgan fingerprint density at radius 3 is 2.62 bits per heavy atom. The second-order valence-electron chi connectivity index (χ2n) is 6.25. The molecular formula is C18H25N3O3. The van der Waals surface area contributed by atoms with Crippen LogP contribution in [0.25, 0.3) is 0 Å². The van der Waals surface area contributed by atoms with Gasteiger partial charge < -0.3 is 10.6 Å². The molecule has 1 aromatic heterocycles. The van der Waals surface area contributed by atoms with Crippen LogP contribution in [0.1, 0.15) is 55.8 Å². The van der Waals surface area contributed by atoms with E-state index in [9.17, 15) is 14.4 Å². The van der Waals surface area contributed by atoms with E-state index in [1.54, 1.807) is 25.3 Å². The first-order valence-corrected chi connectivity index (χ1v) is 8.64. The molecule has 0 aliphatic heterocycles. The molecule has 1 atom stereocenters. The number of carbonyl (C=O) groups is 3. The third-order valence-electron chi connectivity index (χ3n) is 4.45. The summed E-state index contributed by atoms with van der Waals surface area (Å²) in [7, 11) is 0. The lowest BCUT2D eigenvalue weighted by molar-refractivity contribution is -0.139. The number of nitrogens with zero attached hydrogens (tertiary/aromatic N) is 1. The summed E-state index contributed by atoms with van der Waals surface area (Å²) >= 11 is 0. The molecule has 2 N–H and O–H groups in total. The van der Waals surface area contributed by atoms with E-state index in [-0.39, 0.29) is 0 Å². The fourth-order valence-corrected chi connectivity index (χ4v) is 2.97. The third-order valence-corrected chi connectivity index (χ3v) is 4.45. The summed E-state index contributed by atoms with van der Waals surface area (Å²) in [5.74, 6) is -1.14. The fourth-order valence-electron chi connectivity index (χ4n) is 2.97. The Morgan fingerprint density at radius 2 is 2.00 bits per heavy atom. The van der Waals surface area contributed by atoms with Crippen LogP contribution in [0.3, 0.4) is 0 Å². The molecule has 1 unspecified atom stereocenters. The van der Waals surface area contributed by atoms with Crippen LogP contribution >= 0.6 is 0 Å². The number of pyridine rings is 1. The second kappa shape index (κ2) is 9.15. The van der Waals surface area contributed by atoms with Gasteiger partial charge in [-0.1, -0.05) is 26.2 Å². The molecule has 1 heterocycles. The highest BCUT2D eigenvalue weighted by molar-refractivity contribution is 6.38. The highest BCUT2D eigenvalue weighted by Crippen LogP contribution is 2.22. The highest BCUT2D eigenvalue weighted by Gasteiger charge is 2.26. The number of hydrogen-bond acceptors (Lipinski definition) is 4. The Hall–Kier alpha value is -2.24. The SMILES string of the molecule is CCC(NC(=O)c1cccnc1)C(=O)C(=O)NCC1CCCCC1. The van der Waals surface area contributed by atoms with Gasteiger partial charge in [-0.15, -0.1) is 0 Å². The third kappa shape index (κ3) is 5.15. The Kier molecular flexibility index (Phi) is 6.90. The Morgan fingerprint density at radius 1 is 1.25 bits per heavy atom. The van der Waals surface area contributed by atoms with Crippen molar-refractivity contribution in [2.75, 3.05) is 6.54 Å². The van der Waals surface area contributed by atoms with Gasteiger partial charge in [-0.2, -0.15) is 0 Å². The zero-order chi connectivity index (χ0) is 17.4. The minimum Gasteiger partial charge on any atom is -0.349 e. The Bertz CT molecular complexity index is 568. The van der Waals surface area contributed by atoms with Gasteiger partial charge in [0.05, 0.1) is 11.6 Å². The van der Waals surface area contributed by atoms with E-state index in [0.29, 0.717) is 24.4 Å². The standard InChI is InChI=1S/C18H25N3O3/c1-2-15(21-17(23)14-9-6-10-19-12-14)16(22)18(24)20-11-13-7-4-3-5-8-13/h6,9-10,12-13,15H,2-5,7-8,11H2,1H3,(H,20,24)(H,21,23). The molecule has 130 valence electrons. The van der Waals surface area contributed by atoms with Gasteiger partial charge in [0, 0.05) is 18.9 Å². The largest absolute Gasteiger partial charge is 0.349 e. The van der Waals surface area contributed by atoms with Gasteiger partial charge in [-0.25, -0.2) is 0 Å². The molecule has 0 saturated heterocycles. The van der Waals surface area contributed by atoms with Crippen LogP contribution in [0.4, 0.5) is 0 Å². The monoisotopic (exact) mass is 331 g/mol. The van der Waals surface area contributed by atoms with Gasteiger partial charge in [-0.3, -0.25) is 19.4 Å². The number of carbonyl (C=O) groups excluding carboxylic acids is 3. The smallest absolute Gasteiger partial charge is 0.289 e. The first-order chi connectivity index (χ1) is 11.6. The van der Waals surface area contributed by atoms with Crippen molar-refractivity contribution >= 4 is 17.6 Å². The minimum absolute atomic E-state index is 0.363. The van der Waals surface area contributed by atoms with Gasteiger partial charge >= 0.3 is 0 Å². The first-order valence-electron chi connectivity index (χ1n) is 8.64. The topological polar surface area (TPSA) is 88.2 Å². The lowest BCUT2D eigenvalue weighted by Crippen LogP contribution is -2.48. The number of hydrogen-bond donors (Lipinski definition) is 2. The van der Waals surface area contributed by atoms with Gasteiger partial charge in [-0.05, 0) is 37.3 Å². The van der Waals surface area contributed by atoms with Crippen LogP contribution in [0, 0.1) is 5.92 Å². The number of Topliss-reactive ketones (excluding diaryl/α,β-unsaturated/α-hetero) is 1. The molecule has 24 heavy (non-hydrogen) atoms. The molecule has 2 amide bonds. The molecule has 1 fully saturated rings. The van der Waals surface area contributed by atoms with Crippen LogP contribution < -0.4 is 10.6 Å². The van der Waals surface area contributed by atoms with Crippen molar-refractivity contribution in [1.29, 1.82) is 0 Å². The summed E-state index contributed by atoms with van der Waals surface area (Å²) < 4.78 is 0. The predicted octanol–water partition coefficient (Wildman–Crippen LogP) is 1.86. The number of nitrogens with one attached hydrogen (secondary N) is 2. The molecule has 1 saturated carbocycles. The average Bonchev–Trinajstić information content (AvgIpc) is 2.65. The van der Waals surface area contributed by atoms with Crippen LogP contribution in [0.5, 0.6) is 0 Å². The van der Waals surface area contributed by atoms with Crippen molar-refractivity contribution < 1.29 is 14.4 Å². The first kappa shape index (κ1) is 18.1. The van der Waals surface area contributed by atoms with Gasteiger partial charge in [0.25, 0.3) is 11.8 Å². The summed E-state index contributed by atoms with van der Waals surface area (Å²) in [5.41, 5.74) is 0.367. The molecule has 1 aromatic rings. The fraction of sp³-hybridized carbons (Fsp3) is 0.556. The molecule has 6 nitrogen and oxygen atoms in total. The minimum atomic E-state index is -0.816. The maximum Gasteiger partial charge on any atom is 0.289 e. The average molecular weight is 331 g/mol. The molecule has 0 aromatic carbocycles. The number of aromatic nitrogens is 1. The van der Waals surface area contributed by atoms with Crippen molar-refractivity contribution in [3.63, 3.8) is 0 Å². The number of amides is 2. The molecule has 1 aliphatic rings. The van der Waals surface area contributed by atoms with E-state index in [1.165, 1.54) is 25.5 Å². The van der Waals surface area contributed by atoms with Crippen LogP contribution in [-0.2, 0) is 9.59 Å². The second-order valence-corrected chi connectivity index (χ2v) is 6.25. The molecule has 0 radical (unpaired) electrons. The molecular weight excluding hydrogens is 306 g/mol. The maximum absolute atomic E-state index is 12.3. The number of rotatable bonds is 7. The zero-order valence-electron chi connectivity index (χ0n) is 14.1. The van der Waals surface area contributed by atoms with E-state index < -0.39 is 23.6 Å². The van der Waals surface area contributed by atoms with E-state index >= 15 is 0 Å². The quantitative estimate of drug-likeness (QED) is 0.747. The van der Waals surface area contributed by atoms with Crippen molar-refractivity contribution in [3.05, 3.63) is 30.1 Å². The Labute approximate surface area is 142 Å². The van der Waals surface area contributed by atoms with E-state index in [1.807, 2.05) is 0 Å². The Balaban J connectivity index is 1.85. The van der Waals surface area contributed by atoms with Crippen molar-refractivity contribution in [2.24, 2.45) is 5.92 Å². The summed E-state index contributed by atoms with van der Waals surface area (Å²) in [6.45, 7) is 2.30. The van der Waals surface area contributed by atoms with Crippen molar-refractivity contribution in [2.45, 2.75) is 51.5 Å². The predicted molar refractivity (Wildman–Crippen MR) is 90.4 cm³/mol. The lowest BCUT2D eigenvalue weighted by Gasteiger charge is -2.22. The van der Waals surface area contributed by atoms with Crippen molar-refractivity contribution in [3.8, 4) is 0 Å². The van der Waals surface area contributed by atoms with Gasteiger partial charge in [0.2, 0.25) is 5.78 Å². The van der Waals surface area contributed by atoms with Crippen LogP contribution in [0.2, 0.25) is 0 Å². The normalized spacial score (nSPS) is 16.2. The van der Waals surface area contributed by atoms with E-state index in [0.717, 1.165) is 12.8 Å². The molecule has 1 aliphatic carbocycles. The van der Waals surface area contributed by atoms with Gasteiger partial charge in [0.1, 0.15) is 0 Å².